The molecule has 3 heteroatoms. The van der Waals surface area contributed by atoms with Crippen LogP contribution in [-0.4, -0.2) is 12.4 Å². The molecule has 0 amide bonds. The summed E-state index contributed by atoms with van der Waals surface area (Å²) in [5.74, 6) is -0.168. The van der Waals surface area contributed by atoms with Crippen LogP contribution in [0.1, 0.15) is 27.2 Å². The first kappa shape index (κ1) is 10.1. The predicted molar refractivity (Wildman–Crippen MR) is 40.8 cm³/mol. The van der Waals surface area contributed by atoms with Gasteiger partial charge in [0.25, 0.3) is 0 Å². The Hall–Kier alpha value is -0.860. The van der Waals surface area contributed by atoms with Crippen LogP contribution >= 0.6 is 0 Å². The summed E-state index contributed by atoms with van der Waals surface area (Å²) in [6.45, 7) is 5.97. The van der Waals surface area contributed by atoms with Gasteiger partial charge in [-0.25, -0.2) is 0 Å². The van der Waals surface area contributed by atoms with E-state index in [9.17, 15) is 9.59 Å². The molecule has 3 nitrogen and oxygen atoms in total. The SMILES string of the molecule is CC(C)CC(C)C(=O)OC=O. The number of hydrogen-bond acceptors (Lipinski definition) is 3. The molecular formula is C8H14O3. The van der Waals surface area contributed by atoms with E-state index in [1.165, 1.54) is 0 Å². The molecule has 0 aliphatic carbocycles. The molecule has 0 aromatic rings. The molecule has 0 bridgehead atoms. The van der Waals surface area contributed by atoms with Crippen molar-refractivity contribution >= 4 is 12.4 Å². The molecule has 1 unspecified atom stereocenters. The molecule has 0 fully saturated rings. The Morgan fingerprint density at radius 2 is 2.00 bits per heavy atom. The highest BCUT2D eigenvalue weighted by molar-refractivity contribution is 5.78. The molecule has 1 atom stereocenters. The van der Waals surface area contributed by atoms with Crippen LogP contribution < -0.4 is 0 Å². The maximum Gasteiger partial charge on any atom is 0.316 e. The first-order chi connectivity index (χ1) is 5.07. The van der Waals surface area contributed by atoms with E-state index in [-0.39, 0.29) is 12.4 Å². The zero-order valence-electron chi connectivity index (χ0n) is 7.16. The van der Waals surface area contributed by atoms with Crippen molar-refractivity contribution in [1.82, 2.24) is 0 Å². The number of carbonyl (C=O) groups is 2. The van der Waals surface area contributed by atoms with Crippen molar-refractivity contribution in [3.05, 3.63) is 0 Å². The maximum absolute atomic E-state index is 10.8. The third kappa shape index (κ3) is 4.53. The summed E-state index contributed by atoms with van der Waals surface area (Å²) >= 11 is 0. The van der Waals surface area contributed by atoms with Gasteiger partial charge in [-0.3, -0.25) is 9.59 Å². The van der Waals surface area contributed by atoms with E-state index in [4.69, 9.17) is 0 Å². The largest absolute Gasteiger partial charge is 0.395 e. The molecule has 0 aromatic carbocycles. The topological polar surface area (TPSA) is 43.4 Å². The third-order valence-corrected chi connectivity index (χ3v) is 1.39. The Morgan fingerprint density at radius 1 is 1.45 bits per heavy atom. The lowest BCUT2D eigenvalue weighted by Gasteiger charge is -2.09. The first-order valence-corrected chi connectivity index (χ1v) is 3.72. The van der Waals surface area contributed by atoms with Crippen LogP contribution in [0.15, 0.2) is 0 Å². The second-order valence-corrected chi connectivity index (χ2v) is 3.06. The highest BCUT2D eigenvalue weighted by Crippen LogP contribution is 2.11. The van der Waals surface area contributed by atoms with Gasteiger partial charge >= 0.3 is 12.4 Å². The molecule has 0 N–H and O–H groups in total. The average molecular weight is 158 g/mol. The van der Waals surface area contributed by atoms with Gasteiger partial charge in [-0.2, -0.15) is 0 Å². The lowest BCUT2D eigenvalue weighted by Crippen LogP contribution is -2.15. The van der Waals surface area contributed by atoms with Crippen LogP contribution in [0.25, 0.3) is 0 Å². The highest BCUT2D eigenvalue weighted by atomic mass is 16.6. The summed E-state index contributed by atoms with van der Waals surface area (Å²) < 4.78 is 4.19. The summed E-state index contributed by atoms with van der Waals surface area (Å²) in [4.78, 5) is 20.6. The second-order valence-electron chi connectivity index (χ2n) is 3.06. The molecule has 0 spiro atoms. The summed E-state index contributed by atoms with van der Waals surface area (Å²) in [6, 6.07) is 0. The van der Waals surface area contributed by atoms with Crippen LogP contribution in [0.4, 0.5) is 0 Å². The maximum atomic E-state index is 10.8. The Labute approximate surface area is 66.7 Å². The van der Waals surface area contributed by atoms with E-state index < -0.39 is 5.97 Å². The fourth-order valence-corrected chi connectivity index (χ4v) is 0.967. The summed E-state index contributed by atoms with van der Waals surface area (Å²) in [6.07, 6.45) is 0.757. The molecule has 0 aromatic heterocycles. The van der Waals surface area contributed by atoms with Crippen LogP contribution in [-0.2, 0) is 14.3 Å². The van der Waals surface area contributed by atoms with Crippen molar-refractivity contribution in [2.45, 2.75) is 27.2 Å². The normalized spacial score (nSPS) is 12.7. The summed E-state index contributed by atoms with van der Waals surface area (Å²) in [7, 11) is 0. The van der Waals surface area contributed by atoms with Crippen LogP contribution in [0.3, 0.4) is 0 Å². The minimum atomic E-state index is -0.436. The lowest BCUT2D eigenvalue weighted by atomic mass is 9.99. The van der Waals surface area contributed by atoms with Gasteiger partial charge in [0.2, 0.25) is 0 Å². The number of rotatable bonds is 4. The van der Waals surface area contributed by atoms with E-state index in [0.29, 0.717) is 5.92 Å². The van der Waals surface area contributed by atoms with Crippen LogP contribution in [0.5, 0.6) is 0 Å². The van der Waals surface area contributed by atoms with E-state index in [2.05, 4.69) is 4.74 Å². The standard InChI is InChI=1S/C8H14O3/c1-6(2)4-7(3)8(10)11-5-9/h5-7H,4H2,1-3H3. The molecule has 0 saturated carbocycles. The predicted octanol–water partition coefficient (Wildman–Crippen LogP) is 1.37. The van der Waals surface area contributed by atoms with Gasteiger partial charge < -0.3 is 4.74 Å². The Kier molecular flexibility index (Phi) is 4.50. The molecule has 0 heterocycles. The fraction of sp³-hybridized carbons (Fsp3) is 0.750. The molecule has 64 valence electrons. The first-order valence-electron chi connectivity index (χ1n) is 3.72. The number of carbonyl (C=O) groups excluding carboxylic acids is 2. The quantitative estimate of drug-likeness (QED) is 0.352. The Bertz CT molecular complexity index is 140. The van der Waals surface area contributed by atoms with Crippen molar-refractivity contribution in [3.8, 4) is 0 Å². The zero-order chi connectivity index (χ0) is 8.85. The van der Waals surface area contributed by atoms with E-state index in [0.717, 1.165) is 6.42 Å². The van der Waals surface area contributed by atoms with Crippen LogP contribution in [0, 0.1) is 11.8 Å². The van der Waals surface area contributed by atoms with E-state index in [1.54, 1.807) is 6.92 Å². The molecule has 0 rings (SSSR count). The molecule has 11 heavy (non-hydrogen) atoms. The molecule has 0 aliphatic heterocycles. The van der Waals surface area contributed by atoms with Gasteiger partial charge in [0, 0.05) is 0 Å². The van der Waals surface area contributed by atoms with Crippen molar-refractivity contribution in [2.75, 3.05) is 0 Å². The zero-order valence-corrected chi connectivity index (χ0v) is 7.16. The molecule has 0 saturated heterocycles. The molecular weight excluding hydrogens is 144 g/mol. The van der Waals surface area contributed by atoms with Crippen molar-refractivity contribution in [2.24, 2.45) is 11.8 Å². The van der Waals surface area contributed by atoms with Gasteiger partial charge in [0.1, 0.15) is 0 Å². The van der Waals surface area contributed by atoms with Gasteiger partial charge in [-0.1, -0.05) is 20.8 Å². The van der Waals surface area contributed by atoms with Crippen LogP contribution in [0.2, 0.25) is 0 Å². The second kappa shape index (κ2) is 4.88. The van der Waals surface area contributed by atoms with Crippen molar-refractivity contribution < 1.29 is 14.3 Å². The Balaban J connectivity index is 3.72. The minimum absolute atomic E-state index is 0.180. The van der Waals surface area contributed by atoms with Crippen molar-refractivity contribution in [3.63, 3.8) is 0 Å². The van der Waals surface area contributed by atoms with Gasteiger partial charge in [-0.05, 0) is 12.3 Å². The molecule has 0 radical (unpaired) electrons. The smallest absolute Gasteiger partial charge is 0.316 e. The number of esters is 1. The van der Waals surface area contributed by atoms with E-state index >= 15 is 0 Å². The third-order valence-electron chi connectivity index (χ3n) is 1.39. The summed E-state index contributed by atoms with van der Waals surface area (Å²) in [5, 5.41) is 0. The Morgan fingerprint density at radius 3 is 2.36 bits per heavy atom. The van der Waals surface area contributed by atoms with Gasteiger partial charge in [-0.15, -0.1) is 0 Å². The number of ether oxygens (including phenoxy) is 1. The van der Waals surface area contributed by atoms with Gasteiger partial charge in [0.15, 0.2) is 0 Å². The average Bonchev–Trinajstić information content (AvgIpc) is 1.86. The minimum Gasteiger partial charge on any atom is -0.395 e. The monoisotopic (exact) mass is 158 g/mol. The van der Waals surface area contributed by atoms with E-state index in [1.807, 2.05) is 13.8 Å². The number of hydrogen-bond donors (Lipinski definition) is 0. The molecule has 0 aliphatic rings. The summed E-state index contributed by atoms with van der Waals surface area (Å²) in [5.41, 5.74) is 0. The van der Waals surface area contributed by atoms with Crippen molar-refractivity contribution in [1.29, 1.82) is 0 Å². The lowest BCUT2D eigenvalue weighted by molar-refractivity contribution is -0.154. The highest BCUT2D eigenvalue weighted by Gasteiger charge is 2.15. The fourth-order valence-electron chi connectivity index (χ4n) is 0.967. The van der Waals surface area contributed by atoms with Gasteiger partial charge in [0.05, 0.1) is 5.92 Å².